The number of rotatable bonds is 3. The van der Waals surface area contributed by atoms with Crippen molar-refractivity contribution in [3.63, 3.8) is 0 Å². The predicted octanol–water partition coefficient (Wildman–Crippen LogP) is 2.74. The maximum Gasteiger partial charge on any atom is 0.156 e. The topological polar surface area (TPSA) is 24.4 Å². The number of nitrogens with one attached hydrogen (secondary N) is 1. The van der Waals surface area contributed by atoms with Gasteiger partial charge in [0.2, 0.25) is 0 Å². The van der Waals surface area contributed by atoms with Gasteiger partial charge < -0.3 is 5.32 Å². The van der Waals surface area contributed by atoms with Crippen LogP contribution in [0.2, 0.25) is 0 Å². The highest BCUT2D eigenvalue weighted by Gasteiger charge is 2.42. The summed E-state index contributed by atoms with van der Waals surface area (Å²) in [5, 5.41) is 4.87. The molecule has 4 heteroatoms. The van der Waals surface area contributed by atoms with E-state index in [-0.39, 0.29) is 0 Å². The van der Waals surface area contributed by atoms with E-state index >= 15 is 0 Å². The van der Waals surface area contributed by atoms with Gasteiger partial charge in [0.1, 0.15) is 0 Å². The Hall–Kier alpha value is 0.170. The number of nitrogens with zero attached hydrogens (tertiary/aromatic N) is 1. The molecule has 0 bridgehead atoms. The van der Waals surface area contributed by atoms with Gasteiger partial charge in [-0.3, -0.25) is 4.99 Å². The van der Waals surface area contributed by atoms with Gasteiger partial charge in [0.05, 0.1) is 6.54 Å². The van der Waals surface area contributed by atoms with Crippen molar-refractivity contribution in [2.24, 2.45) is 10.9 Å². The molecule has 2 saturated carbocycles. The van der Waals surface area contributed by atoms with Crippen LogP contribution in [0.3, 0.4) is 0 Å². The minimum Gasteiger partial charge on any atom is -0.362 e. The summed E-state index contributed by atoms with van der Waals surface area (Å²) in [6, 6.07) is 0.740. The van der Waals surface area contributed by atoms with Crippen molar-refractivity contribution < 1.29 is 0 Å². The van der Waals surface area contributed by atoms with Crippen LogP contribution in [0.4, 0.5) is 0 Å². The van der Waals surface area contributed by atoms with E-state index in [1.54, 1.807) is 0 Å². The molecule has 0 amide bonds. The average Bonchev–Trinajstić information content (AvgIpc) is 2.96. The Morgan fingerprint density at radius 2 is 2.38 bits per heavy atom. The summed E-state index contributed by atoms with van der Waals surface area (Å²) in [4.78, 5) is 4.80. The molecule has 1 N–H and O–H groups in total. The summed E-state index contributed by atoms with van der Waals surface area (Å²) in [6.07, 6.45) is 9.14. The molecular formula is C12H20N2S2. The Morgan fingerprint density at radius 1 is 1.50 bits per heavy atom. The second-order valence-electron chi connectivity index (χ2n) is 5.26. The van der Waals surface area contributed by atoms with Crippen molar-refractivity contribution in [2.45, 2.75) is 42.9 Å². The molecule has 3 aliphatic rings. The molecule has 3 rings (SSSR count). The molecular weight excluding hydrogens is 236 g/mol. The van der Waals surface area contributed by atoms with E-state index in [9.17, 15) is 0 Å². The molecule has 16 heavy (non-hydrogen) atoms. The first-order valence-electron chi connectivity index (χ1n) is 6.30. The van der Waals surface area contributed by atoms with E-state index in [1.807, 2.05) is 23.5 Å². The van der Waals surface area contributed by atoms with Gasteiger partial charge in [-0.15, -0.1) is 0 Å². The summed E-state index contributed by atoms with van der Waals surface area (Å²) >= 11 is 3.95. The molecule has 1 heterocycles. The van der Waals surface area contributed by atoms with E-state index in [0.29, 0.717) is 4.75 Å². The summed E-state index contributed by atoms with van der Waals surface area (Å²) in [5.74, 6) is 2.21. The van der Waals surface area contributed by atoms with Crippen molar-refractivity contribution in [3.8, 4) is 0 Å². The molecule has 1 saturated heterocycles. The second-order valence-corrected chi connectivity index (χ2v) is 7.54. The van der Waals surface area contributed by atoms with Crippen LogP contribution in [0, 0.1) is 5.92 Å². The van der Waals surface area contributed by atoms with Crippen LogP contribution in [0.15, 0.2) is 4.99 Å². The molecule has 2 nitrogen and oxygen atoms in total. The fraction of sp³-hybridized carbons (Fsp3) is 0.917. The first-order valence-corrected chi connectivity index (χ1v) is 8.51. The molecule has 2 unspecified atom stereocenters. The fourth-order valence-corrected chi connectivity index (χ4v) is 4.55. The lowest BCUT2D eigenvalue weighted by Crippen LogP contribution is -2.41. The van der Waals surface area contributed by atoms with Gasteiger partial charge in [0.15, 0.2) is 5.17 Å². The SMILES string of the molecule is CSC1(CN=C2NC3CCCC3CS2)CC1. The zero-order valence-corrected chi connectivity index (χ0v) is 11.5. The van der Waals surface area contributed by atoms with Crippen molar-refractivity contribution in [2.75, 3.05) is 18.6 Å². The molecule has 90 valence electrons. The maximum absolute atomic E-state index is 4.80. The number of fused-ring (bicyclic) bond motifs is 1. The van der Waals surface area contributed by atoms with Crippen molar-refractivity contribution in [1.82, 2.24) is 5.32 Å². The van der Waals surface area contributed by atoms with E-state index in [1.165, 1.54) is 43.0 Å². The van der Waals surface area contributed by atoms with Crippen LogP contribution in [0.5, 0.6) is 0 Å². The molecule has 0 aromatic heterocycles. The van der Waals surface area contributed by atoms with Gasteiger partial charge >= 0.3 is 0 Å². The maximum atomic E-state index is 4.80. The van der Waals surface area contributed by atoms with Crippen LogP contribution in [0.1, 0.15) is 32.1 Å². The van der Waals surface area contributed by atoms with Gasteiger partial charge in [-0.05, 0) is 37.9 Å². The normalized spacial score (nSPS) is 38.2. The lowest BCUT2D eigenvalue weighted by Gasteiger charge is -2.28. The minimum atomic E-state index is 0.516. The largest absolute Gasteiger partial charge is 0.362 e. The lowest BCUT2D eigenvalue weighted by molar-refractivity contribution is 0.489. The quantitative estimate of drug-likeness (QED) is 0.840. The van der Waals surface area contributed by atoms with Crippen molar-refractivity contribution >= 4 is 28.7 Å². The third kappa shape index (κ3) is 2.23. The van der Waals surface area contributed by atoms with E-state index in [4.69, 9.17) is 4.99 Å². The first-order chi connectivity index (χ1) is 7.81. The number of amidine groups is 1. The Kier molecular flexibility index (Phi) is 3.13. The Morgan fingerprint density at radius 3 is 3.12 bits per heavy atom. The smallest absolute Gasteiger partial charge is 0.156 e. The highest BCUT2D eigenvalue weighted by molar-refractivity contribution is 8.13. The van der Waals surface area contributed by atoms with Crippen LogP contribution in [-0.2, 0) is 0 Å². The Balaban J connectivity index is 1.57. The first kappa shape index (κ1) is 11.3. The average molecular weight is 256 g/mol. The Labute approximate surface area is 106 Å². The number of hydrogen-bond donors (Lipinski definition) is 1. The third-order valence-electron chi connectivity index (χ3n) is 4.15. The molecule has 1 aliphatic heterocycles. The molecule has 0 aromatic rings. The second kappa shape index (κ2) is 4.45. The van der Waals surface area contributed by atoms with Gasteiger partial charge in [0.25, 0.3) is 0 Å². The van der Waals surface area contributed by atoms with Crippen LogP contribution in [-0.4, -0.2) is 34.5 Å². The summed E-state index contributed by atoms with van der Waals surface area (Å²) in [6.45, 7) is 1.03. The van der Waals surface area contributed by atoms with Crippen LogP contribution < -0.4 is 5.32 Å². The lowest BCUT2D eigenvalue weighted by atomic mass is 10.1. The predicted molar refractivity (Wildman–Crippen MR) is 74.5 cm³/mol. The summed E-state index contributed by atoms with van der Waals surface area (Å²) < 4.78 is 0.516. The van der Waals surface area contributed by atoms with E-state index in [2.05, 4.69) is 11.6 Å². The van der Waals surface area contributed by atoms with Gasteiger partial charge in [-0.1, -0.05) is 18.2 Å². The molecule has 0 spiro atoms. The van der Waals surface area contributed by atoms with Crippen molar-refractivity contribution in [1.29, 1.82) is 0 Å². The van der Waals surface area contributed by atoms with Gasteiger partial charge in [-0.2, -0.15) is 11.8 Å². The Bertz CT molecular complexity index is 299. The highest BCUT2D eigenvalue weighted by Crippen LogP contribution is 2.47. The van der Waals surface area contributed by atoms with Gasteiger partial charge in [-0.25, -0.2) is 0 Å². The summed E-state index contributed by atoms with van der Waals surface area (Å²) in [7, 11) is 0. The molecule has 0 radical (unpaired) electrons. The van der Waals surface area contributed by atoms with Crippen LogP contribution in [0.25, 0.3) is 0 Å². The monoisotopic (exact) mass is 256 g/mol. The number of aliphatic imine (C=N–C) groups is 1. The minimum absolute atomic E-state index is 0.516. The molecule has 3 fully saturated rings. The molecule has 0 aromatic carbocycles. The standard InChI is InChI=1S/C12H20N2S2/c1-15-12(5-6-12)8-13-11-14-10-4-2-3-9(10)7-16-11/h9-10H,2-8H2,1H3,(H,13,14). The summed E-state index contributed by atoms with van der Waals surface area (Å²) in [5.41, 5.74) is 0. The third-order valence-corrected chi connectivity index (χ3v) is 6.67. The van der Waals surface area contributed by atoms with E-state index in [0.717, 1.165) is 18.5 Å². The molecule has 2 atom stereocenters. The number of thioether (sulfide) groups is 2. The van der Waals surface area contributed by atoms with E-state index < -0.39 is 0 Å². The zero-order chi connectivity index (χ0) is 11.0. The number of hydrogen-bond acceptors (Lipinski definition) is 3. The highest BCUT2D eigenvalue weighted by atomic mass is 32.2. The van der Waals surface area contributed by atoms with Crippen LogP contribution >= 0.6 is 23.5 Å². The molecule has 2 aliphatic carbocycles. The zero-order valence-electron chi connectivity index (χ0n) is 9.87. The van der Waals surface area contributed by atoms with Gasteiger partial charge in [0, 0.05) is 16.5 Å². The fourth-order valence-electron chi connectivity index (χ4n) is 2.69. The van der Waals surface area contributed by atoms with Crippen molar-refractivity contribution in [3.05, 3.63) is 0 Å².